The molecule has 2 aliphatic rings. The maximum absolute atomic E-state index is 10.7. The number of carboxylic acids is 1. The van der Waals surface area contributed by atoms with Gasteiger partial charge in [0.05, 0.1) is 12.5 Å². The molecular formula is C10H17NO3. The van der Waals surface area contributed by atoms with Crippen LogP contribution in [0.3, 0.4) is 0 Å². The van der Waals surface area contributed by atoms with E-state index in [0.29, 0.717) is 6.04 Å². The number of aliphatic carboxylic acids is 1. The van der Waals surface area contributed by atoms with Gasteiger partial charge in [-0.1, -0.05) is 0 Å². The maximum Gasteiger partial charge on any atom is 0.306 e. The van der Waals surface area contributed by atoms with Gasteiger partial charge in [0.1, 0.15) is 0 Å². The molecule has 1 N–H and O–H groups in total. The zero-order valence-electron chi connectivity index (χ0n) is 8.32. The Morgan fingerprint density at radius 2 is 2.00 bits per heavy atom. The number of ether oxygens (including phenoxy) is 1. The van der Waals surface area contributed by atoms with Crippen LogP contribution in [0.15, 0.2) is 0 Å². The molecule has 2 heterocycles. The van der Waals surface area contributed by atoms with Gasteiger partial charge in [0, 0.05) is 12.6 Å². The van der Waals surface area contributed by atoms with Crippen molar-refractivity contribution >= 4 is 5.97 Å². The molecule has 0 amide bonds. The Kier molecular flexibility index (Phi) is 3.03. The van der Waals surface area contributed by atoms with Crippen molar-refractivity contribution in [2.75, 3.05) is 26.3 Å². The van der Waals surface area contributed by atoms with Crippen LogP contribution in [-0.4, -0.2) is 48.3 Å². The minimum atomic E-state index is -0.632. The number of carboxylic acid groups (broad SMARTS) is 1. The van der Waals surface area contributed by atoms with E-state index in [9.17, 15) is 4.79 Å². The van der Waals surface area contributed by atoms with Gasteiger partial charge in [-0.05, 0) is 32.4 Å². The lowest BCUT2D eigenvalue weighted by atomic mass is 9.96. The van der Waals surface area contributed by atoms with Gasteiger partial charge in [-0.15, -0.1) is 0 Å². The average molecular weight is 199 g/mol. The quantitative estimate of drug-likeness (QED) is 0.706. The summed E-state index contributed by atoms with van der Waals surface area (Å²) in [4.78, 5) is 13.1. The molecule has 80 valence electrons. The molecule has 0 radical (unpaired) electrons. The topological polar surface area (TPSA) is 49.8 Å². The Morgan fingerprint density at radius 3 is 2.50 bits per heavy atom. The molecule has 0 bridgehead atoms. The van der Waals surface area contributed by atoms with Gasteiger partial charge in [0.2, 0.25) is 0 Å². The molecule has 4 nitrogen and oxygen atoms in total. The monoisotopic (exact) mass is 199 g/mol. The molecule has 0 aromatic carbocycles. The molecule has 1 atom stereocenters. The fourth-order valence-electron chi connectivity index (χ4n) is 2.32. The summed E-state index contributed by atoms with van der Waals surface area (Å²) in [5, 5.41) is 8.85. The Balaban J connectivity index is 1.80. The average Bonchev–Trinajstić information content (AvgIpc) is 2.71. The second-order valence-electron chi connectivity index (χ2n) is 4.17. The molecule has 0 aliphatic carbocycles. The van der Waals surface area contributed by atoms with Crippen molar-refractivity contribution in [2.45, 2.75) is 25.3 Å². The van der Waals surface area contributed by atoms with Crippen molar-refractivity contribution in [2.24, 2.45) is 5.92 Å². The van der Waals surface area contributed by atoms with Crippen LogP contribution in [0.2, 0.25) is 0 Å². The van der Waals surface area contributed by atoms with E-state index in [1.807, 2.05) is 0 Å². The summed E-state index contributed by atoms with van der Waals surface area (Å²) < 4.78 is 5.33. The van der Waals surface area contributed by atoms with Gasteiger partial charge in [-0.3, -0.25) is 9.69 Å². The van der Waals surface area contributed by atoms with Crippen molar-refractivity contribution in [1.82, 2.24) is 4.90 Å². The molecule has 0 aromatic heterocycles. The number of nitrogens with zero attached hydrogens (tertiary/aromatic N) is 1. The van der Waals surface area contributed by atoms with Crippen LogP contribution in [0, 0.1) is 5.92 Å². The SMILES string of the molecule is O=C(O)C1CCN(C2CCOC2)CC1. The van der Waals surface area contributed by atoms with Crippen molar-refractivity contribution in [3.8, 4) is 0 Å². The van der Waals surface area contributed by atoms with E-state index in [-0.39, 0.29) is 5.92 Å². The van der Waals surface area contributed by atoms with Crippen molar-refractivity contribution in [1.29, 1.82) is 0 Å². The normalized spacial score (nSPS) is 30.7. The summed E-state index contributed by atoms with van der Waals surface area (Å²) >= 11 is 0. The number of hydrogen-bond acceptors (Lipinski definition) is 3. The number of carbonyl (C=O) groups is 1. The highest BCUT2D eigenvalue weighted by molar-refractivity contribution is 5.70. The molecule has 0 aromatic rings. The molecule has 2 aliphatic heterocycles. The van der Waals surface area contributed by atoms with Crippen LogP contribution >= 0.6 is 0 Å². The largest absolute Gasteiger partial charge is 0.481 e. The van der Waals surface area contributed by atoms with Gasteiger partial charge < -0.3 is 9.84 Å². The third kappa shape index (κ3) is 2.07. The molecule has 2 saturated heterocycles. The van der Waals surface area contributed by atoms with E-state index in [4.69, 9.17) is 9.84 Å². The Morgan fingerprint density at radius 1 is 1.29 bits per heavy atom. The van der Waals surface area contributed by atoms with Gasteiger partial charge in [-0.2, -0.15) is 0 Å². The summed E-state index contributed by atoms with van der Waals surface area (Å²) in [6, 6.07) is 0.546. The van der Waals surface area contributed by atoms with Crippen LogP contribution in [-0.2, 0) is 9.53 Å². The number of hydrogen-bond donors (Lipinski definition) is 1. The Labute approximate surface area is 83.8 Å². The molecule has 2 rings (SSSR count). The van der Waals surface area contributed by atoms with Gasteiger partial charge in [0.15, 0.2) is 0 Å². The third-order valence-corrected chi connectivity index (χ3v) is 3.30. The zero-order chi connectivity index (χ0) is 9.97. The summed E-state index contributed by atoms with van der Waals surface area (Å²) in [5.41, 5.74) is 0. The smallest absolute Gasteiger partial charge is 0.306 e. The second kappa shape index (κ2) is 4.28. The minimum Gasteiger partial charge on any atom is -0.481 e. The maximum atomic E-state index is 10.7. The first-order valence-electron chi connectivity index (χ1n) is 5.32. The minimum absolute atomic E-state index is 0.117. The van der Waals surface area contributed by atoms with E-state index in [1.54, 1.807) is 0 Å². The Bertz CT molecular complexity index is 205. The van der Waals surface area contributed by atoms with Gasteiger partial charge >= 0.3 is 5.97 Å². The summed E-state index contributed by atoms with van der Waals surface area (Å²) in [5.74, 6) is -0.749. The van der Waals surface area contributed by atoms with Crippen molar-refractivity contribution in [3.05, 3.63) is 0 Å². The lowest BCUT2D eigenvalue weighted by molar-refractivity contribution is -0.143. The van der Waals surface area contributed by atoms with E-state index in [1.165, 1.54) is 0 Å². The lowest BCUT2D eigenvalue weighted by Crippen LogP contribution is -2.43. The predicted octanol–water partition coefficient (Wildman–Crippen LogP) is 0.572. The van der Waals surface area contributed by atoms with Crippen molar-refractivity contribution in [3.63, 3.8) is 0 Å². The van der Waals surface area contributed by atoms with Crippen molar-refractivity contribution < 1.29 is 14.6 Å². The highest BCUT2D eigenvalue weighted by Gasteiger charge is 2.29. The van der Waals surface area contributed by atoms with E-state index < -0.39 is 5.97 Å². The predicted molar refractivity (Wildman–Crippen MR) is 51.2 cm³/mol. The first-order chi connectivity index (χ1) is 6.77. The van der Waals surface area contributed by atoms with Gasteiger partial charge in [-0.25, -0.2) is 0 Å². The van der Waals surface area contributed by atoms with Crippen LogP contribution in [0.5, 0.6) is 0 Å². The van der Waals surface area contributed by atoms with Crippen LogP contribution in [0.1, 0.15) is 19.3 Å². The molecule has 14 heavy (non-hydrogen) atoms. The summed E-state index contributed by atoms with van der Waals surface area (Å²) in [6.45, 7) is 3.54. The fourth-order valence-corrected chi connectivity index (χ4v) is 2.32. The first kappa shape index (κ1) is 9.93. The molecule has 4 heteroatoms. The standard InChI is InChI=1S/C10H17NO3/c12-10(13)8-1-4-11(5-2-8)9-3-6-14-7-9/h8-9H,1-7H2,(H,12,13). The molecule has 2 fully saturated rings. The molecule has 0 spiro atoms. The lowest BCUT2D eigenvalue weighted by Gasteiger charge is -2.33. The number of rotatable bonds is 2. The van der Waals surface area contributed by atoms with E-state index in [0.717, 1.165) is 45.6 Å². The Hall–Kier alpha value is -0.610. The van der Waals surface area contributed by atoms with Gasteiger partial charge in [0.25, 0.3) is 0 Å². The third-order valence-electron chi connectivity index (χ3n) is 3.30. The van der Waals surface area contributed by atoms with E-state index >= 15 is 0 Å². The highest BCUT2D eigenvalue weighted by Crippen LogP contribution is 2.22. The second-order valence-corrected chi connectivity index (χ2v) is 4.17. The van der Waals surface area contributed by atoms with Crippen LogP contribution in [0.25, 0.3) is 0 Å². The summed E-state index contributed by atoms with van der Waals surface area (Å²) in [7, 11) is 0. The first-order valence-corrected chi connectivity index (χ1v) is 5.32. The summed E-state index contributed by atoms with van der Waals surface area (Å²) in [6.07, 6.45) is 2.70. The van der Waals surface area contributed by atoms with E-state index in [2.05, 4.69) is 4.90 Å². The number of likely N-dealkylation sites (tertiary alicyclic amines) is 1. The van der Waals surface area contributed by atoms with Crippen LogP contribution < -0.4 is 0 Å². The highest BCUT2D eigenvalue weighted by atomic mass is 16.5. The molecule has 0 saturated carbocycles. The molecule has 1 unspecified atom stereocenters. The molecular weight excluding hydrogens is 182 g/mol. The zero-order valence-corrected chi connectivity index (χ0v) is 8.32. The van der Waals surface area contributed by atoms with Crippen LogP contribution in [0.4, 0.5) is 0 Å². The number of piperidine rings is 1. The fraction of sp³-hybridized carbons (Fsp3) is 0.900.